The van der Waals surface area contributed by atoms with Crippen molar-refractivity contribution in [3.05, 3.63) is 23.8 Å². The van der Waals surface area contributed by atoms with E-state index in [-0.39, 0.29) is 0 Å². The Labute approximate surface area is 102 Å². The molecule has 0 radical (unpaired) electrons. The van der Waals surface area contributed by atoms with E-state index < -0.39 is 0 Å². The Hall–Kier alpha value is -0.520. The Morgan fingerprint density at radius 2 is 2.06 bits per heavy atom. The predicted octanol–water partition coefficient (Wildman–Crippen LogP) is 5.51. The zero-order chi connectivity index (χ0) is 11.8. The lowest BCUT2D eigenvalue weighted by Gasteiger charge is -2.32. The van der Waals surface area contributed by atoms with Crippen LogP contribution < -0.4 is 0 Å². The quantitative estimate of drug-likeness (QED) is 0.392. The molecule has 0 nitrogen and oxygen atoms in total. The van der Waals surface area contributed by atoms with Crippen molar-refractivity contribution in [3.63, 3.8) is 0 Å². The van der Waals surface area contributed by atoms with E-state index in [9.17, 15) is 0 Å². The van der Waals surface area contributed by atoms with E-state index in [1.807, 2.05) is 0 Å². The van der Waals surface area contributed by atoms with Crippen LogP contribution in [0.2, 0.25) is 0 Å². The average Bonchev–Trinajstić information content (AvgIpc) is 2.24. The minimum atomic E-state index is 1.01. The van der Waals surface area contributed by atoms with Gasteiger partial charge in [-0.05, 0) is 50.9 Å². The molecule has 0 aromatic heterocycles. The highest BCUT2D eigenvalue weighted by Gasteiger charge is 2.23. The Bertz CT molecular complexity index is 228. The summed E-state index contributed by atoms with van der Waals surface area (Å²) < 4.78 is 0. The second-order valence-corrected chi connectivity index (χ2v) is 5.39. The van der Waals surface area contributed by atoms with Crippen LogP contribution in [0.5, 0.6) is 0 Å². The second kappa shape index (κ2) is 7.70. The molecule has 0 heteroatoms. The first-order valence-electron chi connectivity index (χ1n) is 7.08. The van der Waals surface area contributed by atoms with Crippen LogP contribution in [0.3, 0.4) is 0 Å². The molecule has 0 saturated heterocycles. The van der Waals surface area contributed by atoms with Crippen molar-refractivity contribution < 1.29 is 0 Å². The maximum Gasteiger partial charge on any atom is -0.0285 e. The van der Waals surface area contributed by atoms with Crippen molar-refractivity contribution in [1.82, 2.24) is 0 Å². The SMILES string of the molecule is CC=C(C=CCCCC1CC(C)C1)CCC. The van der Waals surface area contributed by atoms with Gasteiger partial charge in [0.2, 0.25) is 0 Å². The highest BCUT2D eigenvalue weighted by Crippen LogP contribution is 2.36. The van der Waals surface area contributed by atoms with E-state index in [0.29, 0.717) is 0 Å². The second-order valence-electron chi connectivity index (χ2n) is 5.39. The zero-order valence-electron chi connectivity index (χ0n) is 11.3. The predicted molar refractivity (Wildman–Crippen MR) is 73.5 cm³/mol. The molecule has 1 fully saturated rings. The Balaban J connectivity index is 2.03. The van der Waals surface area contributed by atoms with Crippen LogP contribution >= 0.6 is 0 Å². The molecule has 0 unspecified atom stereocenters. The maximum atomic E-state index is 2.37. The molecule has 0 heterocycles. The van der Waals surface area contributed by atoms with Crippen molar-refractivity contribution in [2.45, 2.75) is 65.7 Å². The highest BCUT2D eigenvalue weighted by atomic mass is 14.3. The molecule has 0 aromatic carbocycles. The van der Waals surface area contributed by atoms with Gasteiger partial charge >= 0.3 is 0 Å². The summed E-state index contributed by atoms with van der Waals surface area (Å²) in [5, 5.41) is 0. The summed E-state index contributed by atoms with van der Waals surface area (Å²) in [4.78, 5) is 0. The molecule has 1 rings (SSSR count). The first kappa shape index (κ1) is 13.5. The number of hydrogen-bond acceptors (Lipinski definition) is 0. The summed E-state index contributed by atoms with van der Waals surface area (Å²) in [5.41, 5.74) is 1.50. The topological polar surface area (TPSA) is 0 Å². The van der Waals surface area contributed by atoms with Crippen molar-refractivity contribution in [2.24, 2.45) is 11.8 Å². The van der Waals surface area contributed by atoms with Gasteiger partial charge in [0.1, 0.15) is 0 Å². The Kier molecular flexibility index (Phi) is 6.52. The summed E-state index contributed by atoms with van der Waals surface area (Å²) in [6.07, 6.45) is 16.5. The number of unbranched alkanes of at least 4 members (excludes halogenated alkanes) is 1. The lowest BCUT2D eigenvalue weighted by atomic mass is 9.74. The smallest absolute Gasteiger partial charge is 0.0285 e. The minimum absolute atomic E-state index is 1.01. The molecule has 92 valence electrons. The molecular weight excluding hydrogens is 192 g/mol. The number of hydrogen-bond donors (Lipinski definition) is 0. The lowest BCUT2D eigenvalue weighted by Crippen LogP contribution is -2.20. The molecule has 0 spiro atoms. The molecule has 16 heavy (non-hydrogen) atoms. The van der Waals surface area contributed by atoms with Crippen molar-refractivity contribution in [1.29, 1.82) is 0 Å². The van der Waals surface area contributed by atoms with Gasteiger partial charge in [0.25, 0.3) is 0 Å². The fourth-order valence-corrected chi connectivity index (χ4v) is 2.68. The van der Waals surface area contributed by atoms with E-state index in [4.69, 9.17) is 0 Å². The molecular formula is C16H28. The third-order valence-corrected chi connectivity index (χ3v) is 3.70. The zero-order valence-corrected chi connectivity index (χ0v) is 11.3. The largest absolute Gasteiger partial charge is 0.0845 e. The average molecular weight is 220 g/mol. The number of rotatable bonds is 7. The van der Waals surface area contributed by atoms with Crippen molar-refractivity contribution >= 4 is 0 Å². The first-order chi connectivity index (χ1) is 7.76. The fourth-order valence-electron chi connectivity index (χ4n) is 2.68. The minimum Gasteiger partial charge on any atom is -0.0845 e. The van der Waals surface area contributed by atoms with Crippen molar-refractivity contribution in [2.75, 3.05) is 0 Å². The molecule has 0 N–H and O–H groups in total. The molecule has 1 aliphatic carbocycles. The summed E-state index contributed by atoms with van der Waals surface area (Å²) in [5.74, 6) is 2.07. The Morgan fingerprint density at radius 3 is 2.62 bits per heavy atom. The van der Waals surface area contributed by atoms with E-state index in [2.05, 4.69) is 39.0 Å². The maximum absolute atomic E-state index is 2.37. The van der Waals surface area contributed by atoms with Gasteiger partial charge in [-0.25, -0.2) is 0 Å². The van der Waals surface area contributed by atoms with Gasteiger partial charge in [0.05, 0.1) is 0 Å². The van der Waals surface area contributed by atoms with Gasteiger partial charge in [-0.1, -0.05) is 50.5 Å². The van der Waals surface area contributed by atoms with E-state index in [1.165, 1.54) is 50.5 Å². The van der Waals surface area contributed by atoms with Gasteiger partial charge in [-0.3, -0.25) is 0 Å². The van der Waals surface area contributed by atoms with E-state index >= 15 is 0 Å². The van der Waals surface area contributed by atoms with Gasteiger partial charge < -0.3 is 0 Å². The summed E-state index contributed by atoms with van der Waals surface area (Å²) in [6, 6.07) is 0. The van der Waals surface area contributed by atoms with Crippen LogP contribution in [0.4, 0.5) is 0 Å². The summed E-state index contributed by atoms with van der Waals surface area (Å²) >= 11 is 0. The van der Waals surface area contributed by atoms with Crippen LogP contribution in [0, 0.1) is 11.8 Å². The molecule has 0 aliphatic heterocycles. The molecule has 0 bridgehead atoms. The normalized spacial score (nSPS) is 26.1. The summed E-state index contributed by atoms with van der Waals surface area (Å²) in [7, 11) is 0. The third-order valence-electron chi connectivity index (χ3n) is 3.70. The molecule has 0 amide bonds. The first-order valence-corrected chi connectivity index (χ1v) is 7.08. The summed E-state index contributed by atoms with van der Waals surface area (Å²) in [6.45, 7) is 6.76. The highest BCUT2D eigenvalue weighted by molar-refractivity contribution is 5.17. The monoisotopic (exact) mass is 220 g/mol. The van der Waals surface area contributed by atoms with E-state index in [0.717, 1.165) is 11.8 Å². The van der Waals surface area contributed by atoms with Crippen LogP contribution in [-0.2, 0) is 0 Å². The third kappa shape index (κ3) is 5.01. The van der Waals surface area contributed by atoms with Crippen LogP contribution in [0.25, 0.3) is 0 Å². The molecule has 0 atom stereocenters. The molecule has 1 aliphatic rings. The van der Waals surface area contributed by atoms with Crippen LogP contribution in [-0.4, -0.2) is 0 Å². The lowest BCUT2D eigenvalue weighted by molar-refractivity contribution is 0.197. The molecule has 0 aromatic rings. The Morgan fingerprint density at radius 1 is 1.31 bits per heavy atom. The fraction of sp³-hybridized carbons (Fsp3) is 0.750. The van der Waals surface area contributed by atoms with Gasteiger partial charge in [0.15, 0.2) is 0 Å². The van der Waals surface area contributed by atoms with Gasteiger partial charge in [-0.15, -0.1) is 0 Å². The molecule has 1 saturated carbocycles. The van der Waals surface area contributed by atoms with Crippen LogP contribution in [0.15, 0.2) is 23.8 Å². The standard InChI is InChI=1S/C16H28/c1-4-9-15(5-2)10-7-6-8-11-16-12-14(3)13-16/h5,7,10,14,16H,4,6,8-9,11-13H2,1-3H3. The van der Waals surface area contributed by atoms with Gasteiger partial charge in [-0.2, -0.15) is 0 Å². The van der Waals surface area contributed by atoms with Gasteiger partial charge in [0, 0.05) is 0 Å². The van der Waals surface area contributed by atoms with Crippen LogP contribution in [0.1, 0.15) is 65.7 Å². The number of allylic oxidation sites excluding steroid dienone is 4. The van der Waals surface area contributed by atoms with E-state index in [1.54, 1.807) is 0 Å². The van der Waals surface area contributed by atoms with Crippen molar-refractivity contribution in [3.8, 4) is 0 Å².